The normalized spacial score (nSPS) is 20.8. The van der Waals surface area contributed by atoms with Crippen LogP contribution in [0.2, 0.25) is 0 Å². The molecule has 1 N–H and O–H groups in total. The fourth-order valence-corrected chi connectivity index (χ4v) is 5.45. The molecule has 0 bridgehead atoms. The van der Waals surface area contributed by atoms with Crippen molar-refractivity contribution < 1.29 is 31.5 Å². The zero-order valence-corrected chi connectivity index (χ0v) is 22.0. The van der Waals surface area contributed by atoms with Crippen molar-refractivity contribution in [3.8, 4) is 5.75 Å². The lowest BCUT2D eigenvalue weighted by Gasteiger charge is -2.30. The monoisotopic (exact) mass is 548 g/mol. The van der Waals surface area contributed by atoms with Crippen molar-refractivity contribution in [2.45, 2.75) is 56.7 Å². The molecule has 1 amide bonds. The van der Waals surface area contributed by atoms with Gasteiger partial charge in [0.15, 0.2) is 0 Å². The fraction of sp³-hybridized carbons (Fsp3) is 0.462. The second kappa shape index (κ2) is 10.5. The number of nitrogens with one attached hydrogen (secondary N) is 1. The number of hydrogen-bond donors (Lipinski definition) is 1. The third-order valence-corrected chi connectivity index (χ3v) is 8.69. The minimum absolute atomic E-state index is 0.0610. The Labute approximate surface area is 219 Å². The molecule has 2 aliphatic heterocycles. The van der Waals surface area contributed by atoms with Crippen molar-refractivity contribution in [3.63, 3.8) is 0 Å². The van der Waals surface area contributed by atoms with E-state index in [0.717, 1.165) is 0 Å². The van der Waals surface area contributed by atoms with Gasteiger partial charge in [-0.3, -0.25) is 4.79 Å². The summed E-state index contributed by atoms with van der Waals surface area (Å²) in [6, 6.07) is 7.18. The first-order valence-electron chi connectivity index (χ1n) is 12.6. The van der Waals surface area contributed by atoms with E-state index in [-0.39, 0.29) is 24.6 Å². The molecule has 9 nitrogen and oxygen atoms in total. The average molecular weight is 549 g/mol. The number of fused-ring (bicyclic) bond motifs is 1. The number of halogens is 2. The van der Waals surface area contributed by atoms with Crippen LogP contribution in [0.15, 0.2) is 42.7 Å². The quantitative estimate of drug-likeness (QED) is 0.479. The Balaban J connectivity index is 1.48. The molecule has 2 atom stereocenters. The summed E-state index contributed by atoms with van der Waals surface area (Å²) in [6.07, 6.45) is 3.23. The molecule has 0 saturated carbocycles. The fourth-order valence-electron chi connectivity index (χ4n) is 4.85. The summed E-state index contributed by atoms with van der Waals surface area (Å²) in [5.74, 6) is -0.741. The van der Waals surface area contributed by atoms with E-state index in [9.17, 15) is 22.0 Å². The smallest absolute Gasteiger partial charge is 0.268 e. The molecule has 2 saturated heterocycles. The SMILES string of the molecule is CC(C)S(=O)(=O)NC(=O)c1cnn2ccc(N3C[C@@H](F)C[C@@H]3c3cc(F)ccc3OC3CCOCC3)cc12. The third-order valence-electron chi connectivity index (χ3n) is 6.98. The Morgan fingerprint density at radius 3 is 2.71 bits per heavy atom. The summed E-state index contributed by atoms with van der Waals surface area (Å²) in [4.78, 5) is 14.6. The molecule has 0 unspecified atom stereocenters. The molecule has 1 aromatic carbocycles. The standard InChI is InChI=1S/C26H30F2N4O5S/c1-16(2)38(34,35)30-26(33)22-14-29-32-8-5-19(13-24(22)32)31-15-18(28)12-23(31)21-11-17(27)3-4-25(21)37-20-6-9-36-10-7-20/h3-5,8,11,13-14,16,18,20,23H,6-7,9-10,12,15H2,1-2H3,(H,30,33)/t18-,23+/m0/s1. The second-order valence-electron chi connectivity index (χ2n) is 9.91. The van der Waals surface area contributed by atoms with Crippen molar-refractivity contribution in [3.05, 3.63) is 59.7 Å². The second-order valence-corrected chi connectivity index (χ2v) is 12.1. The van der Waals surface area contributed by atoms with Crippen molar-refractivity contribution in [2.24, 2.45) is 0 Å². The van der Waals surface area contributed by atoms with E-state index in [1.807, 2.05) is 4.90 Å². The number of anilines is 1. The number of pyridine rings is 1. The number of carbonyl (C=O) groups excluding carboxylic acids is 1. The molecule has 12 heteroatoms. The van der Waals surface area contributed by atoms with E-state index in [1.54, 1.807) is 24.4 Å². The first-order chi connectivity index (χ1) is 18.1. The largest absolute Gasteiger partial charge is 0.490 e. The maximum atomic E-state index is 14.9. The van der Waals surface area contributed by atoms with Gasteiger partial charge in [-0.15, -0.1) is 0 Å². The molecule has 2 aliphatic rings. The number of rotatable bonds is 7. The number of nitrogens with zero attached hydrogens (tertiary/aromatic N) is 3. The van der Waals surface area contributed by atoms with Gasteiger partial charge in [0, 0.05) is 43.3 Å². The summed E-state index contributed by atoms with van der Waals surface area (Å²) in [7, 11) is -3.85. The first kappa shape index (κ1) is 26.4. The van der Waals surface area contributed by atoms with Crippen LogP contribution in [-0.2, 0) is 14.8 Å². The summed E-state index contributed by atoms with van der Waals surface area (Å²) >= 11 is 0. The van der Waals surface area contributed by atoms with Crippen LogP contribution in [0.4, 0.5) is 14.5 Å². The lowest BCUT2D eigenvalue weighted by molar-refractivity contribution is 0.0250. The van der Waals surface area contributed by atoms with Crippen LogP contribution in [0, 0.1) is 5.82 Å². The maximum Gasteiger partial charge on any atom is 0.268 e. The van der Waals surface area contributed by atoms with Gasteiger partial charge in [0.05, 0.1) is 41.8 Å². The van der Waals surface area contributed by atoms with Gasteiger partial charge < -0.3 is 14.4 Å². The summed E-state index contributed by atoms with van der Waals surface area (Å²) in [5, 5.41) is 3.36. The lowest BCUT2D eigenvalue weighted by atomic mass is 10.0. The van der Waals surface area contributed by atoms with E-state index >= 15 is 0 Å². The summed E-state index contributed by atoms with van der Waals surface area (Å²) in [6.45, 7) is 4.17. The molecule has 3 aromatic rings. The van der Waals surface area contributed by atoms with E-state index in [0.29, 0.717) is 48.6 Å². The van der Waals surface area contributed by atoms with Gasteiger partial charge in [-0.2, -0.15) is 5.10 Å². The molecule has 38 heavy (non-hydrogen) atoms. The highest BCUT2D eigenvalue weighted by Crippen LogP contribution is 2.42. The zero-order valence-electron chi connectivity index (χ0n) is 21.1. The topological polar surface area (TPSA) is 102 Å². The number of sulfonamides is 1. The van der Waals surface area contributed by atoms with E-state index < -0.39 is 39.2 Å². The number of carbonyl (C=O) groups is 1. The highest BCUT2D eigenvalue weighted by Gasteiger charge is 2.36. The highest BCUT2D eigenvalue weighted by atomic mass is 32.2. The molecule has 0 spiro atoms. The van der Waals surface area contributed by atoms with Crippen LogP contribution < -0.4 is 14.4 Å². The number of aromatic nitrogens is 2. The molecule has 0 aliphatic carbocycles. The summed E-state index contributed by atoms with van der Waals surface area (Å²) in [5.41, 5.74) is 1.56. The molecular formula is C26H30F2N4O5S. The molecule has 2 fully saturated rings. The van der Waals surface area contributed by atoms with Gasteiger partial charge in [-0.1, -0.05) is 0 Å². The Kier molecular flexibility index (Phi) is 7.28. The minimum Gasteiger partial charge on any atom is -0.490 e. The number of alkyl halides is 1. The van der Waals surface area contributed by atoms with Gasteiger partial charge in [-0.05, 0) is 44.2 Å². The third kappa shape index (κ3) is 5.32. The van der Waals surface area contributed by atoms with Gasteiger partial charge in [0.1, 0.15) is 23.8 Å². The average Bonchev–Trinajstić information content (AvgIpc) is 3.48. The highest BCUT2D eigenvalue weighted by molar-refractivity contribution is 7.90. The minimum atomic E-state index is -3.85. The Hall–Kier alpha value is -3.25. The van der Waals surface area contributed by atoms with E-state index in [2.05, 4.69) is 9.82 Å². The van der Waals surface area contributed by atoms with Crippen molar-refractivity contribution in [1.82, 2.24) is 14.3 Å². The van der Waals surface area contributed by atoms with Crippen LogP contribution in [-0.4, -0.2) is 61.2 Å². The van der Waals surface area contributed by atoms with Crippen molar-refractivity contribution in [2.75, 3.05) is 24.7 Å². The molecule has 4 heterocycles. The lowest BCUT2D eigenvalue weighted by Crippen LogP contribution is -2.35. The van der Waals surface area contributed by atoms with Crippen LogP contribution in [0.1, 0.15) is 55.1 Å². The maximum absolute atomic E-state index is 14.9. The van der Waals surface area contributed by atoms with Crippen LogP contribution in [0.5, 0.6) is 5.75 Å². The van der Waals surface area contributed by atoms with E-state index in [1.165, 1.54) is 36.7 Å². The molecular weight excluding hydrogens is 518 g/mol. The van der Waals surface area contributed by atoms with Gasteiger partial charge in [0.25, 0.3) is 5.91 Å². The predicted molar refractivity (Wildman–Crippen MR) is 137 cm³/mol. The van der Waals surface area contributed by atoms with E-state index in [4.69, 9.17) is 9.47 Å². The van der Waals surface area contributed by atoms with Gasteiger partial charge in [0.2, 0.25) is 10.0 Å². The molecule has 0 radical (unpaired) electrons. The van der Waals surface area contributed by atoms with Gasteiger partial charge in [-0.25, -0.2) is 26.4 Å². The first-order valence-corrected chi connectivity index (χ1v) is 14.1. The molecule has 2 aromatic heterocycles. The predicted octanol–water partition coefficient (Wildman–Crippen LogP) is 3.79. The van der Waals surface area contributed by atoms with Crippen LogP contribution in [0.25, 0.3) is 5.52 Å². The Morgan fingerprint density at radius 2 is 1.97 bits per heavy atom. The van der Waals surface area contributed by atoms with Gasteiger partial charge >= 0.3 is 0 Å². The van der Waals surface area contributed by atoms with Crippen molar-refractivity contribution in [1.29, 1.82) is 0 Å². The number of amides is 1. The van der Waals surface area contributed by atoms with Crippen LogP contribution in [0.3, 0.4) is 0 Å². The number of ether oxygens (including phenoxy) is 2. The molecule has 5 rings (SSSR count). The molecule has 204 valence electrons. The zero-order chi connectivity index (χ0) is 27.0. The Bertz CT molecular complexity index is 1440. The van der Waals surface area contributed by atoms with Crippen molar-refractivity contribution >= 4 is 27.1 Å². The Morgan fingerprint density at radius 1 is 1.21 bits per heavy atom. The van der Waals surface area contributed by atoms with Crippen LogP contribution >= 0.6 is 0 Å². The number of hydrogen-bond acceptors (Lipinski definition) is 7. The number of benzene rings is 1. The summed E-state index contributed by atoms with van der Waals surface area (Å²) < 4.78 is 68.9.